The molecule has 9 nitrogen and oxygen atoms in total. The van der Waals surface area contributed by atoms with Gasteiger partial charge in [0.15, 0.2) is 0 Å². The monoisotopic (exact) mass is 472 g/mol. The molecule has 0 aliphatic carbocycles. The number of non-ortho nitro benzene ring substituents is 1. The molecule has 1 atom stereocenters. The molecular formula is C19H18N2NaO7PS. The molecule has 1 unspecified atom stereocenters. The van der Waals surface area contributed by atoms with Gasteiger partial charge in [0.05, 0.1) is 9.82 Å². The van der Waals surface area contributed by atoms with Crippen LogP contribution >= 0.6 is 7.60 Å². The van der Waals surface area contributed by atoms with Crippen LogP contribution in [-0.4, -0.2) is 24.5 Å². The van der Waals surface area contributed by atoms with Gasteiger partial charge in [-0.25, -0.2) is 13.0 Å². The Labute approximate surface area is 202 Å². The van der Waals surface area contributed by atoms with Gasteiger partial charge in [0.2, 0.25) is 10.0 Å². The number of hydrogen-bond acceptors (Lipinski definition) is 6. The van der Waals surface area contributed by atoms with Crippen LogP contribution in [0.15, 0.2) is 83.8 Å². The van der Waals surface area contributed by atoms with Crippen molar-refractivity contribution < 1.29 is 58.3 Å². The van der Waals surface area contributed by atoms with Gasteiger partial charge < -0.3 is 10.8 Å². The Bertz CT molecular complexity index is 1190. The summed E-state index contributed by atoms with van der Waals surface area (Å²) in [5.74, 6) is -0.0992. The molecule has 31 heavy (non-hydrogen) atoms. The quantitative estimate of drug-likeness (QED) is 0.215. The van der Waals surface area contributed by atoms with Crippen molar-refractivity contribution in [3.63, 3.8) is 0 Å². The molecule has 0 bridgehead atoms. The third-order valence-corrected chi connectivity index (χ3v) is 6.71. The van der Waals surface area contributed by atoms with Crippen LogP contribution < -0.4 is 38.8 Å². The van der Waals surface area contributed by atoms with Crippen LogP contribution in [0.25, 0.3) is 11.1 Å². The van der Waals surface area contributed by atoms with E-state index < -0.39 is 28.8 Å². The van der Waals surface area contributed by atoms with Gasteiger partial charge in [0, 0.05) is 12.1 Å². The minimum absolute atomic E-state index is 0. The van der Waals surface area contributed by atoms with Crippen molar-refractivity contribution in [2.45, 2.75) is 4.90 Å². The Kier molecular flexibility index (Phi) is 8.56. The maximum atomic E-state index is 12.4. The van der Waals surface area contributed by atoms with Crippen LogP contribution in [-0.2, 0) is 14.6 Å². The third kappa shape index (κ3) is 6.98. The molecule has 0 heterocycles. The summed E-state index contributed by atoms with van der Waals surface area (Å²) in [6.07, 6.45) is -0.868. The van der Waals surface area contributed by atoms with Crippen molar-refractivity contribution in [1.82, 2.24) is 4.72 Å². The smallest absolute Gasteiger partial charge is 1.00 e. The Balaban J connectivity index is 0.00000256. The van der Waals surface area contributed by atoms with E-state index in [-0.39, 0.29) is 47.3 Å². The van der Waals surface area contributed by atoms with Gasteiger partial charge in [0.25, 0.3) is 5.69 Å². The van der Waals surface area contributed by atoms with Gasteiger partial charge in [-0.15, -0.1) is 0 Å². The maximum Gasteiger partial charge on any atom is 1.00 e. The second-order valence-electron chi connectivity index (χ2n) is 6.18. The zero-order valence-electron chi connectivity index (χ0n) is 17.4. The van der Waals surface area contributed by atoms with E-state index >= 15 is 0 Å². The molecule has 158 valence electrons. The van der Waals surface area contributed by atoms with Crippen LogP contribution in [0.3, 0.4) is 0 Å². The molecule has 0 saturated carbocycles. The molecule has 12 heteroatoms. The fourth-order valence-electron chi connectivity index (χ4n) is 2.53. The van der Waals surface area contributed by atoms with Crippen molar-refractivity contribution >= 4 is 23.3 Å². The predicted octanol–water partition coefficient (Wildman–Crippen LogP) is 0.878. The number of rotatable bonds is 8. The van der Waals surface area contributed by atoms with Gasteiger partial charge in [-0.3, -0.25) is 10.1 Å². The summed E-state index contributed by atoms with van der Waals surface area (Å²) in [5.41, 5.74) is 1.53. The fraction of sp³-hybridized carbons (Fsp3) is 0.0526. The van der Waals surface area contributed by atoms with E-state index in [1.807, 2.05) is 30.3 Å². The van der Waals surface area contributed by atoms with E-state index in [4.69, 9.17) is 4.52 Å². The summed E-state index contributed by atoms with van der Waals surface area (Å²) >= 11 is 0. The van der Waals surface area contributed by atoms with Gasteiger partial charge in [-0.2, -0.15) is 4.72 Å². The Morgan fingerprint density at radius 2 is 1.52 bits per heavy atom. The average molecular weight is 472 g/mol. The standard InChI is InChI=1S/C19H17N2O7PS.Na.H/c22-21(23)17-8-10-18(11-9-17)28-29(24,25)14-20-30(26,27)19-12-6-16(7-13-19)15-4-2-1-3-5-15;;/h1-13,20H,14H2,(H,24,25);;/q;+1;-1. The Hall–Kier alpha value is -2.04. The summed E-state index contributed by atoms with van der Waals surface area (Å²) < 4.78 is 44.0. The summed E-state index contributed by atoms with van der Waals surface area (Å²) in [4.78, 5) is 19.9. The maximum absolute atomic E-state index is 12.4. The minimum Gasteiger partial charge on any atom is -1.00 e. The first-order valence-corrected chi connectivity index (χ1v) is 11.8. The molecule has 2 N–H and O–H groups in total. The minimum atomic E-state index is -4.39. The van der Waals surface area contributed by atoms with Gasteiger partial charge in [-0.05, 0) is 35.4 Å². The van der Waals surface area contributed by atoms with Crippen LogP contribution in [0.5, 0.6) is 5.75 Å². The van der Waals surface area contributed by atoms with E-state index in [1.165, 1.54) is 12.1 Å². The summed E-state index contributed by atoms with van der Waals surface area (Å²) in [6.45, 7) is 0. The zero-order valence-corrected chi connectivity index (χ0v) is 20.1. The van der Waals surface area contributed by atoms with Crippen LogP contribution in [0.2, 0.25) is 0 Å². The van der Waals surface area contributed by atoms with Crippen molar-refractivity contribution in [3.8, 4) is 16.9 Å². The molecule has 0 aliphatic rings. The normalized spacial score (nSPS) is 12.9. The number of sulfonamides is 1. The first-order chi connectivity index (χ1) is 14.2. The molecular weight excluding hydrogens is 454 g/mol. The average Bonchev–Trinajstić information content (AvgIpc) is 2.73. The SMILES string of the molecule is O=[N+]([O-])c1ccc(OP(=O)(O)CNS(=O)(=O)c2ccc(-c3ccccc3)cc2)cc1.[H-].[Na+]. The summed E-state index contributed by atoms with van der Waals surface area (Å²) in [6, 6.07) is 19.9. The molecule has 0 fully saturated rings. The molecule has 0 saturated heterocycles. The molecule has 3 aromatic rings. The van der Waals surface area contributed by atoms with Gasteiger partial charge >= 0.3 is 37.2 Å². The van der Waals surface area contributed by atoms with Crippen molar-refractivity contribution in [2.24, 2.45) is 0 Å². The zero-order chi connectivity index (χ0) is 21.8. The largest absolute Gasteiger partial charge is 1.00 e. The topological polar surface area (TPSA) is 136 Å². The Morgan fingerprint density at radius 3 is 2.06 bits per heavy atom. The van der Waals surface area contributed by atoms with Crippen molar-refractivity contribution in [3.05, 3.63) is 89.0 Å². The van der Waals surface area contributed by atoms with E-state index in [1.54, 1.807) is 12.1 Å². The van der Waals surface area contributed by atoms with Crippen molar-refractivity contribution in [2.75, 3.05) is 6.29 Å². The van der Waals surface area contributed by atoms with Gasteiger partial charge in [-0.1, -0.05) is 42.5 Å². The van der Waals surface area contributed by atoms with E-state index in [9.17, 15) is 28.0 Å². The first kappa shape index (κ1) is 25.2. The van der Waals surface area contributed by atoms with Crippen LogP contribution in [0.4, 0.5) is 5.69 Å². The number of hydrogen-bond donors (Lipinski definition) is 2. The summed E-state index contributed by atoms with van der Waals surface area (Å²) in [5, 5.41) is 10.6. The molecule has 3 rings (SSSR count). The number of nitrogens with one attached hydrogen (secondary N) is 1. The third-order valence-electron chi connectivity index (χ3n) is 4.02. The predicted molar refractivity (Wildman–Crippen MR) is 112 cm³/mol. The first-order valence-electron chi connectivity index (χ1n) is 8.57. The second-order valence-corrected chi connectivity index (χ2v) is 9.72. The fourth-order valence-corrected chi connectivity index (χ4v) is 5.04. The molecule has 3 aromatic carbocycles. The molecule has 0 aliphatic heterocycles. The summed E-state index contributed by atoms with van der Waals surface area (Å²) in [7, 11) is -8.44. The molecule has 0 aromatic heterocycles. The van der Waals surface area contributed by atoms with Gasteiger partial charge in [0.1, 0.15) is 12.0 Å². The van der Waals surface area contributed by atoms with E-state index in [2.05, 4.69) is 4.72 Å². The second kappa shape index (κ2) is 10.5. The number of benzene rings is 3. The van der Waals surface area contributed by atoms with Crippen LogP contribution in [0.1, 0.15) is 1.43 Å². The molecule has 0 amide bonds. The van der Waals surface area contributed by atoms with E-state index in [0.29, 0.717) is 0 Å². The number of nitrogens with zero attached hydrogens (tertiary/aromatic N) is 1. The molecule has 0 radical (unpaired) electrons. The number of nitro benzene ring substituents is 1. The van der Waals surface area contributed by atoms with Crippen molar-refractivity contribution in [1.29, 1.82) is 0 Å². The molecule has 0 spiro atoms. The van der Waals surface area contributed by atoms with Crippen LogP contribution in [0, 0.1) is 10.1 Å². The Morgan fingerprint density at radius 1 is 0.968 bits per heavy atom. The van der Waals surface area contributed by atoms with E-state index in [0.717, 1.165) is 35.4 Å². The number of nitro groups is 1.